The third-order valence-corrected chi connectivity index (χ3v) is 5.26. The van der Waals surface area contributed by atoms with Crippen LogP contribution in [0.2, 0.25) is 0 Å². The first kappa shape index (κ1) is 19.1. The van der Waals surface area contributed by atoms with E-state index in [-0.39, 0.29) is 0 Å². The number of hydrogen-bond acceptors (Lipinski definition) is 4. The van der Waals surface area contributed by atoms with Crippen molar-refractivity contribution in [1.82, 2.24) is 0 Å². The monoisotopic (exact) mass is 398 g/mol. The third kappa shape index (κ3) is 4.46. The van der Waals surface area contributed by atoms with Gasteiger partial charge >= 0.3 is 6.18 Å². The molecule has 6 nitrogen and oxygen atoms in total. The molecule has 25 heavy (non-hydrogen) atoms. The van der Waals surface area contributed by atoms with Crippen LogP contribution in [0.5, 0.6) is 0 Å². The molecule has 0 spiro atoms. The summed E-state index contributed by atoms with van der Waals surface area (Å²) in [5.41, 5.74) is -1.84. The lowest BCUT2D eigenvalue weighted by atomic mass is 10.2. The molecule has 0 atom stereocenters. The van der Waals surface area contributed by atoms with E-state index < -0.39 is 53.1 Å². The van der Waals surface area contributed by atoms with Crippen LogP contribution in [0.4, 0.5) is 23.2 Å². The molecule has 0 unspecified atom stereocenters. The number of hydrogen-bond donors (Lipinski definition) is 2. The van der Waals surface area contributed by atoms with Gasteiger partial charge in [-0.2, -0.15) is 13.2 Å². The summed E-state index contributed by atoms with van der Waals surface area (Å²) in [5.74, 6) is -1.26. The summed E-state index contributed by atoms with van der Waals surface area (Å²) < 4.78 is 100. The van der Waals surface area contributed by atoms with Crippen LogP contribution in [0.1, 0.15) is 5.56 Å². The maximum atomic E-state index is 13.9. The maximum Gasteiger partial charge on any atom is 0.416 e. The molecule has 2 aromatic rings. The second kappa shape index (κ2) is 6.28. The summed E-state index contributed by atoms with van der Waals surface area (Å²) in [5, 5.41) is 4.81. The Kier molecular flexibility index (Phi) is 4.81. The molecule has 2 aromatic carbocycles. The molecule has 0 heterocycles. The van der Waals surface area contributed by atoms with Crippen molar-refractivity contribution in [2.45, 2.75) is 16.0 Å². The summed E-state index contributed by atoms with van der Waals surface area (Å²) in [6.45, 7) is 0. The zero-order chi connectivity index (χ0) is 19.0. The topological polar surface area (TPSA) is 106 Å². The Morgan fingerprint density at radius 2 is 1.56 bits per heavy atom. The Hall–Kier alpha value is -2.18. The van der Waals surface area contributed by atoms with Crippen molar-refractivity contribution in [3.05, 3.63) is 53.8 Å². The van der Waals surface area contributed by atoms with Crippen LogP contribution < -0.4 is 9.86 Å². The van der Waals surface area contributed by atoms with E-state index in [1.165, 1.54) is 0 Å². The molecule has 0 saturated heterocycles. The highest BCUT2D eigenvalue weighted by atomic mass is 32.2. The number of rotatable bonds is 4. The highest BCUT2D eigenvalue weighted by Gasteiger charge is 2.31. The second-order valence-electron chi connectivity index (χ2n) is 4.82. The average molecular weight is 398 g/mol. The molecule has 0 bridgehead atoms. The lowest BCUT2D eigenvalue weighted by Crippen LogP contribution is -2.16. The third-order valence-electron chi connectivity index (χ3n) is 2.99. The fraction of sp³-hybridized carbons (Fsp3) is 0.0769. The van der Waals surface area contributed by atoms with Crippen LogP contribution >= 0.6 is 0 Å². The van der Waals surface area contributed by atoms with Crippen molar-refractivity contribution < 1.29 is 34.4 Å². The highest BCUT2D eigenvalue weighted by Crippen LogP contribution is 2.31. The second-order valence-corrected chi connectivity index (χ2v) is 8.06. The quantitative estimate of drug-likeness (QED) is 0.771. The molecule has 0 radical (unpaired) electrons. The first-order chi connectivity index (χ1) is 11.3. The molecule has 0 aliphatic heterocycles. The fourth-order valence-corrected chi connectivity index (χ4v) is 3.44. The summed E-state index contributed by atoms with van der Waals surface area (Å²) in [6.07, 6.45) is -4.76. The number of alkyl halides is 3. The SMILES string of the molecule is NS(=O)(=O)c1ccc(NS(=O)(=O)c2cccc(C(F)(F)F)c2)c(F)c1. The van der Waals surface area contributed by atoms with E-state index in [1.807, 2.05) is 0 Å². The predicted molar refractivity (Wildman–Crippen MR) is 80.0 cm³/mol. The number of sulfonamides is 2. The molecular formula is C13H10F4N2O4S2. The minimum Gasteiger partial charge on any atom is -0.277 e. The van der Waals surface area contributed by atoms with Crippen LogP contribution in [0, 0.1) is 5.82 Å². The standard InChI is InChI=1S/C13H10F4N2O4S2/c14-11-7-9(24(18,20)21)4-5-12(11)19-25(22,23)10-3-1-2-8(6-10)13(15,16)17/h1-7,19H,(H2,18,20,21). The molecule has 3 N–H and O–H groups in total. The van der Waals surface area contributed by atoms with Crippen LogP contribution in [0.15, 0.2) is 52.3 Å². The van der Waals surface area contributed by atoms with Gasteiger partial charge in [0.2, 0.25) is 10.0 Å². The minimum absolute atomic E-state index is 0.388. The molecule has 0 fully saturated rings. The maximum absolute atomic E-state index is 13.9. The Morgan fingerprint density at radius 3 is 2.08 bits per heavy atom. The lowest BCUT2D eigenvalue weighted by molar-refractivity contribution is -0.137. The fourth-order valence-electron chi connectivity index (χ4n) is 1.80. The van der Waals surface area contributed by atoms with Gasteiger partial charge in [-0.05, 0) is 36.4 Å². The van der Waals surface area contributed by atoms with Crippen LogP contribution in [-0.2, 0) is 26.2 Å². The number of nitrogens with one attached hydrogen (secondary N) is 1. The van der Waals surface area contributed by atoms with E-state index in [0.717, 1.165) is 24.3 Å². The first-order valence-corrected chi connectivity index (χ1v) is 9.36. The summed E-state index contributed by atoms with van der Waals surface area (Å²) >= 11 is 0. The number of halogens is 4. The number of anilines is 1. The van der Waals surface area contributed by atoms with Gasteiger partial charge in [-0.3, -0.25) is 4.72 Å². The van der Waals surface area contributed by atoms with E-state index >= 15 is 0 Å². The van der Waals surface area contributed by atoms with E-state index in [9.17, 15) is 34.4 Å². The van der Waals surface area contributed by atoms with E-state index in [0.29, 0.717) is 18.2 Å². The van der Waals surface area contributed by atoms with Gasteiger partial charge in [-0.25, -0.2) is 26.4 Å². The number of nitrogens with two attached hydrogens (primary N) is 1. The smallest absolute Gasteiger partial charge is 0.277 e. The van der Waals surface area contributed by atoms with Gasteiger partial charge in [0.25, 0.3) is 10.0 Å². The van der Waals surface area contributed by atoms with Gasteiger partial charge in [-0.15, -0.1) is 0 Å². The van der Waals surface area contributed by atoms with E-state index in [1.54, 1.807) is 4.72 Å². The minimum atomic E-state index is -4.76. The zero-order valence-electron chi connectivity index (χ0n) is 12.1. The van der Waals surface area contributed by atoms with Crippen LogP contribution in [0.3, 0.4) is 0 Å². The summed E-state index contributed by atoms with van der Waals surface area (Å²) in [7, 11) is -8.74. The van der Waals surface area contributed by atoms with E-state index in [2.05, 4.69) is 0 Å². The lowest BCUT2D eigenvalue weighted by Gasteiger charge is -2.12. The zero-order valence-corrected chi connectivity index (χ0v) is 13.7. The van der Waals surface area contributed by atoms with Crippen LogP contribution in [-0.4, -0.2) is 16.8 Å². The molecule has 0 saturated carbocycles. The molecule has 0 aliphatic carbocycles. The first-order valence-electron chi connectivity index (χ1n) is 6.33. The highest BCUT2D eigenvalue weighted by molar-refractivity contribution is 7.92. The summed E-state index contributed by atoms with van der Waals surface area (Å²) in [4.78, 5) is -1.33. The molecule has 2 rings (SSSR count). The van der Waals surface area contributed by atoms with Gasteiger partial charge in [-0.1, -0.05) is 6.07 Å². The van der Waals surface area contributed by atoms with Crippen molar-refractivity contribution in [2.24, 2.45) is 5.14 Å². The number of primary sulfonamides is 1. The molecular weight excluding hydrogens is 388 g/mol. The normalized spacial score (nSPS) is 12.8. The van der Waals surface area contributed by atoms with Crippen molar-refractivity contribution in [1.29, 1.82) is 0 Å². The molecule has 0 aromatic heterocycles. The van der Waals surface area contributed by atoms with Crippen LogP contribution in [0.25, 0.3) is 0 Å². The summed E-state index contributed by atoms with van der Waals surface area (Å²) in [6, 6.07) is 4.98. The Balaban J connectivity index is 2.40. The Morgan fingerprint density at radius 1 is 0.920 bits per heavy atom. The van der Waals surface area contributed by atoms with Gasteiger partial charge in [0.1, 0.15) is 5.82 Å². The van der Waals surface area contributed by atoms with Gasteiger partial charge < -0.3 is 0 Å². The van der Waals surface area contributed by atoms with Crippen molar-refractivity contribution in [3.8, 4) is 0 Å². The number of benzene rings is 2. The molecule has 0 aliphatic rings. The predicted octanol–water partition coefficient (Wildman–Crippen LogP) is 2.29. The Labute approximate surface area is 140 Å². The molecule has 0 amide bonds. The average Bonchev–Trinajstić information content (AvgIpc) is 2.47. The van der Waals surface area contributed by atoms with Gasteiger partial charge in [0.15, 0.2) is 0 Å². The van der Waals surface area contributed by atoms with Crippen molar-refractivity contribution >= 4 is 25.7 Å². The largest absolute Gasteiger partial charge is 0.416 e. The Bertz CT molecular complexity index is 1020. The van der Waals surface area contributed by atoms with Crippen molar-refractivity contribution in [3.63, 3.8) is 0 Å². The molecule has 136 valence electrons. The molecule has 12 heteroatoms. The van der Waals surface area contributed by atoms with E-state index in [4.69, 9.17) is 5.14 Å². The van der Waals surface area contributed by atoms with Gasteiger partial charge in [0.05, 0.1) is 21.0 Å². The van der Waals surface area contributed by atoms with Gasteiger partial charge in [0, 0.05) is 0 Å². The van der Waals surface area contributed by atoms with Crippen molar-refractivity contribution in [2.75, 3.05) is 4.72 Å².